The maximum Gasteiger partial charge on any atom is 0.168 e. The van der Waals surface area contributed by atoms with Crippen LogP contribution in [0.4, 0.5) is 20.4 Å². The second kappa shape index (κ2) is 6.56. The Morgan fingerprint density at radius 3 is 2.57 bits per heavy atom. The van der Waals surface area contributed by atoms with Crippen molar-refractivity contribution in [3.05, 3.63) is 41.4 Å². The highest BCUT2D eigenvalue weighted by molar-refractivity contribution is 5.48. The molecule has 4 nitrogen and oxygen atoms in total. The zero-order valence-corrected chi connectivity index (χ0v) is 12.3. The molecule has 0 aliphatic carbocycles. The maximum absolute atomic E-state index is 13.8. The van der Waals surface area contributed by atoms with Gasteiger partial charge in [0.2, 0.25) is 0 Å². The Kier molecular flexibility index (Phi) is 4.77. The Hall–Kier alpha value is -2.11. The zero-order valence-electron chi connectivity index (χ0n) is 12.3. The number of aryl methyl sites for hydroxylation is 1. The fraction of sp³-hybridized carbons (Fsp3) is 0.400. The molecule has 2 aromatic heterocycles. The number of anilines is 2. The van der Waals surface area contributed by atoms with E-state index >= 15 is 0 Å². The van der Waals surface area contributed by atoms with Crippen LogP contribution < -0.4 is 10.6 Å². The largest absolute Gasteiger partial charge is 0.464 e. The Balaban J connectivity index is 2.18. The Morgan fingerprint density at radius 2 is 1.95 bits per heavy atom. The van der Waals surface area contributed by atoms with Gasteiger partial charge in [0.15, 0.2) is 23.3 Å². The lowest BCUT2D eigenvalue weighted by atomic mass is 10.2. The lowest BCUT2D eigenvalue weighted by molar-refractivity contribution is 0.465. The average Bonchev–Trinajstić information content (AvgIpc) is 2.87. The number of hydrogen-bond acceptors (Lipinski definition) is 4. The zero-order chi connectivity index (χ0) is 15.4. The van der Waals surface area contributed by atoms with E-state index < -0.39 is 11.6 Å². The number of nitrogens with zero attached hydrogens (tertiary/aromatic N) is 1. The number of aromatic nitrogens is 1. The molecule has 21 heavy (non-hydrogen) atoms. The third-order valence-corrected chi connectivity index (χ3v) is 3.01. The third-order valence-electron chi connectivity index (χ3n) is 3.01. The number of rotatable bonds is 6. The van der Waals surface area contributed by atoms with Crippen molar-refractivity contribution in [1.29, 1.82) is 0 Å². The first-order valence-electron chi connectivity index (χ1n) is 6.94. The molecule has 0 saturated heterocycles. The summed E-state index contributed by atoms with van der Waals surface area (Å²) in [5, 5.41) is 5.73. The summed E-state index contributed by atoms with van der Waals surface area (Å²) >= 11 is 0. The summed E-state index contributed by atoms with van der Waals surface area (Å²) < 4.78 is 32.9. The number of pyridine rings is 1. The highest BCUT2D eigenvalue weighted by Crippen LogP contribution is 2.24. The van der Waals surface area contributed by atoms with Crippen molar-refractivity contribution in [1.82, 2.24) is 4.98 Å². The van der Waals surface area contributed by atoms with Crippen LogP contribution in [0.5, 0.6) is 0 Å². The lowest BCUT2D eigenvalue weighted by Crippen LogP contribution is -2.12. The molecule has 0 aliphatic rings. The predicted octanol–water partition coefficient (Wildman–Crippen LogP) is 4.26. The van der Waals surface area contributed by atoms with Gasteiger partial charge >= 0.3 is 0 Å². The van der Waals surface area contributed by atoms with Gasteiger partial charge in [-0.05, 0) is 32.4 Å². The first-order valence-corrected chi connectivity index (χ1v) is 6.94. The molecule has 0 aliphatic heterocycles. The van der Waals surface area contributed by atoms with E-state index in [4.69, 9.17) is 4.42 Å². The van der Waals surface area contributed by atoms with Gasteiger partial charge in [0, 0.05) is 12.6 Å². The van der Waals surface area contributed by atoms with E-state index in [0.29, 0.717) is 12.3 Å². The minimum Gasteiger partial charge on any atom is -0.464 e. The molecule has 1 atom stereocenters. The summed E-state index contributed by atoms with van der Waals surface area (Å²) in [6, 6.07) is 4.19. The molecule has 0 radical (unpaired) electrons. The van der Waals surface area contributed by atoms with Crippen LogP contribution in [0, 0.1) is 18.6 Å². The van der Waals surface area contributed by atoms with Crippen LogP contribution in [0.3, 0.4) is 0 Å². The van der Waals surface area contributed by atoms with E-state index in [-0.39, 0.29) is 17.7 Å². The van der Waals surface area contributed by atoms with Gasteiger partial charge in [0.1, 0.15) is 11.5 Å². The molecule has 2 aromatic rings. The molecule has 0 fully saturated rings. The highest BCUT2D eigenvalue weighted by Gasteiger charge is 2.16. The quantitative estimate of drug-likeness (QED) is 0.836. The summed E-state index contributed by atoms with van der Waals surface area (Å²) in [7, 11) is 0. The molecule has 2 rings (SSSR count). The summed E-state index contributed by atoms with van der Waals surface area (Å²) in [6.07, 6.45) is 0.823. The number of nitrogens with one attached hydrogen (secondary N) is 2. The van der Waals surface area contributed by atoms with Crippen LogP contribution >= 0.6 is 0 Å². The van der Waals surface area contributed by atoms with Gasteiger partial charge in [-0.15, -0.1) is 0 Å². The van der Waals surface area contributed by atoms with Gasteiger partial charge < -0.3 is 15.1 Å². The van der Waals surface area contributed by atoms with Gasteiger partial charge in [-0.1, -0.05) is 6.92 Å². The highest BCUT2D eigenvalue weighted by atomic mass is 19.1. The Labute approximate surface area is 122 Å². The van der Waals surface area contributed by atoms with Crippen LogP contribution in [0.25, 0.3) is 0 Å². The predicted molar refractivity (Wildman–Crippen MR) is 78.4 cm³/mol. The second-order valence-electron chi connectivity index (χ2n) is 4.89. The monoisotopic (exact) mass is 295 g/mol. The molecule has 0 aromatic carbocycles. The first kappa shape index (κ1) is 15.3. The molecule has 2 heterocycles. The van der Waals surface area contributed by atoms with Gasteiger partial charge in [0.25, 0.3) is 0 Å². The van der Waals surface area contributed by atoms with E-state index in [1.165, 1.54) is 0 Å². The smallest absolute Gasteiger partial charge is 0.168 e. The van der Waals surface area contributed by atoms with Crippen LogP contribution in [-0.4, -0.2) is 11.5 Å². The standard InChI is InChI=1S/C15H19F2N3O/c1-4-7-18-14-11(16)8-12(17)15(20-14)19-10(3)13-6-5-9(2)21-13/h5-6,8,10H,4,7H2,1-3H3,(H2,18,19,20). The summed E-state index contributed by atoms with van der Waals surface area (Å²) in [4.78, 5) is 3.97. The van der Waals surface area contributed by atoms with Gasteiger partial charge in [-0.25, -0.2) is 13.8 Å². The van der Waals surface area contributed by atoms with Crippen LogP contribution in [0.2, 0.25) is 0 Å². The van der Waals surface area contributed by atoms with Crippen molar-refractivity contribution in [2.24, 2.45) is 0 Å². The van der Waals surface area contributed by atoms with E-state index in [9.17, 15) is 8.78 Å². The molecule has 0 spiro atoms. The summed E-state index contributed by atoms with van der Waals surface area (Å²) in [5.41, 5.74) is 0. The summed E-state index contributed by atoms with van der Waals surface area (Å²) in [5.74, 6) is 0.0513. The number of hydrogen-bond donors (Lipinski definition) is 2. The SMILES string of the molecule is CCCNc1nc(NC(C)c2ccc(C)o2)c(F)cc1F. The maximum atomic E-state index is 13.8. The first-order chi connectivity index (χ1) is 10.0. The second-order valence-corrected chi connectivity index (χ2v) is 4.89. The molecule has 2 N–H and O–H groups in total. The molecular weight excluding hydrogens is 276 g/mol. The van der Waals surface area contributed by atoms with E-state index in [1.807, 2.05) is 32.9 Å². The van der Waals surface area contributed by atoms with E-state index in [0.717, 1.165) is 18.2 Å². The van der Waals surface area contributed by atoms with Gasteiger partial charge in [-0.2, -0.15) is 0 Å². The Bertz CT molecular complexity index is 613. The molecule has 0 bridgehead atoms. The minimum atomic E-state index is -0.732. The fourth-order valence-corrected chi connectivity index (χ4v) is 1.90. The van der Waals surface area contributed by atoms with Crippen LogP contribution in [-0.2, 0) is 0 Å². The lowest BCUT2D eigenvalue weighted by Gasteiger charge is -2.14. The van der Waals surface area contributed by atoms with Crippen molar-refractivity contribution >= 4 is 11.6 Å². The minimum absolute atomic E-state index is 0.00319. The topological polar surface area (TPSA) is 50.1 Å². The fourth-order valence-electron chi connectivity index (χ4n) is 1.90. The van der Waals surface area contributed by atoms with E-state index in [2.05, 4.69) is 15.6 Å². The van der Waals surface area contributed by atoms with Crippen molar-refractivity contribution < 1.29 is 13.2 Å². The molecular formula is C15H19F2N3O. The van der Waals surface area contributed by atoms with Crippen molar-refractivity contribution in [2.45, 2.75) is 33.2 Å². The number of furan rings is 1. The van der Waals surface area contributed by atoms with Crippen LogP contribution in [0.15, 0.2) is 22.6 Å². The molecule has 1 unspecified atom stereocenters. The van der Waals surface area contributed by atoms with Crippen molar-refractivity contribution in [3.8, 4) is 0 Å². The molecule has 0 amide bonds. The number of halogens is 2. The van der Waals surface area contributed by atoms with Crippen molar-refractivity contribution in [3.63, 3.8) is 0 Å². The van der Waals surface area contributed by atoms with Crippen molar-refractivity contribution in [2.75, 3.05) is 17.2 Å². The normalized spacial score (nSPS) is 12.2. The van der Waals surface area contributed by atoms with Gasteiger partial charge in [-0.3, -0.25) is 0 Å². The average molecular weight is 295 g/mol. The van der Waals surface area contributed by atoms with Crippen LogP contribution in [0.1, 0.15) is 37.8 Å². The summed E-state index contributed by atoms with van der Waals surface area (Å²) in [6.45, 7) is 6.18. The molecule has 6 heteroatoms. The Morgan fingerprint density at radius 1 is 1.24 bits per heavy atom. The molecule has 114 valence electrons. The molecule has 0 saturated carbocycles. The third kappa shape index (κ3) is 3.71. The van der Waals surface area contributed by atoms with Gasteiger partial charge in [0.05, 0.1) is 6.04 Å². The van der Waals surface area contributed by atoms with E-state index in [1.54, 1.807) is 0 Å².